The molecule has 0 fully saturated rings. The van der Waals surface area contributed by atoms with E-state index in [2.05, 4.69) is 84.9 Å². The number of hydrogen-bond acceptors (Lipinski definition) is 2. The fraction of sp³-hybridized carbons (Fsp3) is 0.618. The number of ether oxygens (including phenoxy) is 1. The van der Waals surface area contributed by atoms with Gasteiger partial charge in [0.15, 0.2) is 0 Å². The summed E-state index contributed by atoms with van der Waals surface area (Å²) in [6.07, 6.45) is 6.60. The van der Waals surface area contributed by atoms with E-state index in [1.54, 1.807) is 14.0 Å². The van der Waals surface area contributed by atoms with E-state index in [-0.39, 0.29) is 5.41 Å². The van der Waals surface area contributed by atoms with Crippen molar-refractivity contribution in [3.63, 3.8) is 0 Å². The van der Waals surface area contributed by atoms with E-state index in [0.717, 1.165) is 25.0 Å². The maximum atomic E-state index is 10.3. The molecule has 0 saturated carbocycles. The SMILES string of the molecule is CC.CC.CC(C)c1ccc(C(C)(C)C)cc1.CCCCCC(C)=O.CCCc1ccc(OC)cc1. The number of methoxy groups -OCH3 is 1. The molecular weight excluding hydrogens is 440 g/mol. The number of carbonyl (C=O) groups excluding carboxylic acids is 1. The Morgan fingerprint density at radius 1 is 0.806 bits per heavy atom. The number of benzene rings is 2. The first kappa shape index (κ1) is 38.4. The van der Waals surface area contributed by atoms with Crippen LogP contribution in [0.2, 0.25) is 0 Å². The molecule has 0 aliphatic rings. The largest absolute Gasteiger partial charge is 0.497 e. The van der Waals surface area contributed by atoms with Crippen LogP contribution in [0.25, 0.3) is 0 Å². The highest BCUT2D eigenvalue weighted by Crippen LogP contribution is 2.24. The molecule has 36 heavy (non-hydrogen) atoms. The third kappa shape index (κ3) is 21.2. The Labute approximate surface area is 226 Å². The topological polar surface area (TPSA) is 26.3 Å². The summed E-state index contributed by atoms with van der Waals surface area (Å²) < 4.78 is 5.05. The predicted molar refractivity (Wildman–Crippen MR) is 164 cm³/mol. The third-order valence-electron chi connectivity index (χ3n) is 5.27. The smallest absolute Gasteiger partial charge is 0.129 e. The van der Waals surface area contributed by atoms with Gasteiger partial charge in [0.25, 0.3) is 0 Å². The Kier molecular flexibility index (Phi) is 26.3. The first-order chi connectivity index (χ1) is 17.0. The second kappa shape index (κ2) is 24.6. The Morgan fingerprint density at radius 3 is 1.64 bits per heavy atom. The van der Waals surface area contributed by atoms with E-state index < -0.39 is 0 Å². The van der Waals surface area contributed by atoms with Crippen molar-refractivity contribution in [2.24, 2.45) is 0 Å². The molecule has 0 heterocycles. The number of Topliss-reactive ketones (excluding diaryl/α,β-unsaturated/α-hetero) is 1. The van der Waals surface area contributed by atoms with Gasteiger partial charge in [-0.2, -0.15) is 0 Å². The van der Waals surface area contributed by atoms with Crippen LogP contribution in [-0.2, 0) is 16.6 Å². The molecule has 0 aliphatic heterocycles. The van der Waals surface area contributed by atoms with Crippen molar-refractivity contribution in [1.29, 1.82) is 0 Å². The van der Waals surface area contributed by atoms with Crippen LogP contribution < -0.4 is 4.74 Å². The zero-order chi connectivity index (χ0) is 28.6. The summed E-state index contributed by atoms with van der Waals surface area (Å²) in [5.74, 6) is 1.89. The third-order valence-corrected chi connectivity index (χ3v) is 5.27. The predicted octanol–water partition coefficient (Wildman–Crippen LogP) is 11.0. The van der Waals surface area contributed by atoms with Gasteiger partial charge in [-0.1, -0.05) is 132 Å². The van der Waals surface area contributed by atoms with Crippen molar-refractivity contribution in [2.75, 3.05) is 7.11 Å². The van der Waals surface area contributed by atoms with E-state index in [4.69, 9.17) is 4.74 Å². The number of aryl methyl sites for hydroxylation is 1. The van der Waals surface area contributed by atoms with Gasteiger partial charge in [0.05, 0.1) is 7.11 Å². The van der Waals surface area contributed by atoms with Gasteiger partial charge in [0.2, 0.25) is 0 Å². The Hall–Kier alpha value is -2.09. The zero-order valence-electron chi connectivity index (χ0n) is 26.3. The molecule has 2 aromatic rings. The number of ketones is 1. The van der Waals surface area contributed by atoms with E-state index in [9.17, 15) is 4.79 Å². The van der Waals surface area contributed by atoms with E-state index >= 15 is 0 Å². The molecule has 0 saturated heterocycles. The molecule has 0 spiro atoms. The van der Waals surface area contributed by atoms with Gasteiger partial charge in [-0.05, 0) is 59.9 Å². The molecule has 2 rings (SSSR count). The maximum Gasteiger partial charge on any atom is 0.129 e. The lowest BCUT2D eigenvalue weighted by Gasteiger charge is -2.19. The summed E-state index contributed by atoms with van der Waals surface area (Å²) in [7, 11) is 1.69. The van der Waals surface area contributed by atoms with Crippen LogP contribution in [0.1, 0.15) is 138 Å². The number of carbonyl (C=O) groups is 1. The lowest BCUT2D eigenvalue weighted by atomic mass is 9.86. The van der Waals surface area contributed by atoms with Gasteiger partial charge in [-0.25, -0.2) is 0 Å². The molecule has 0 amide bonds. The van der Waals surface area contributed by atoms with Crippen molar-refractivity contribution < 1.29 is 9.53 Å². The van der Waals surface area contributed by atoms with Gasteiger partial charge in [0.1, 0.15) is 11.5 Å². The van der Waals surface area contributed by atoms with Crippen LogP contribution in [0.4, 0.5) is 0 Å². The molecule has 2 nitrogen and oxygen atoms in total. The Bertz CT molecular complexity index is 719. The van der Waals surface area contributed by atoms with Gasteiger partial charge >= 0.3 is 0 Å². The first-order valence-corrected chi connectivity index (χ1v) is 14.3. The highest BCUT2D eigenvalue weighted by molar-refractivity contribution is 5.75. The molecular formula is C34H60O2. The normalized spacial score (nSPS) is 9.72. The van der Waals surface area contributed by atoms with Crippen LogP contribution in [0.3, 0.4) is 0 Å². The molecule has 0 bridgehead atoms. The second-order valence-electron chi connectivity index (χ2n) is 9.78. The number of rotatable bonds is 8. The van der Waals surface area contributed by atoms with E-state index in [0.29, 0.717) is 11.7 Å². The molecule has 2 heteroatoms. The summed E-state index contributed by atoms with van der Waals surface area (Å²) in [6, 6.07) is 17.2. The zero-order valence-corrected chi connectivity index (χ0v) is 26.3. The van der Waals surface area contributed by atoms with Crippen molar-refractivity contribution in [1.82, 2.24) is 0 Å². The standard InChI is InChI=1S/C13H20.C10H14O.C7H14O.2C2H6/c1-10(2)11-6-8-12(9-7-11)13(3,4)5;1-3-4-9-5-7-10(11-2)8-6-9;1-3-4-5-6-7(2)8;2*1-2/h6-10H,1-5H3;5-8H,3-4H2,1-2H3;3-6H2,1-2H3;2*1-2H3. The van der Waals surface area contributed by atoms with Crippen molar-refractivity contribution in [3.05, 3.63) is 65.2 Å². The Balaban J connectivity index is -0.000000434. The summed E-state index contributed by atoms with van der Waals surface area (Å²) in [5.41, 5.74) is 4.49. The molecule has 0 atom stereocenters. The van der Waals surface area contributed by atoms with Gasteiger partial charge in [0, 0.05) is 6.42 Å². The van der Waals surface area contributed by atoms with E-state index in [1.165, 1.54) is 36.0 Å². The molecule has 0 radical (unpaired) electrons. The van der Waals surface area contributed by atoms with Crippen LogP contribution in [0.5, 0.6) is 5.75 Å². The fourth-order valence-corrected chi connectivity index (χ4v) is 3.07. The summed E-state index contributed by atoms with van der Waals surface area (Å²) in [4.78, 5) is 10.3. The van der Waals surface area contributed by atoms with Crippen LogP contribution in [0.15, 0.2) is 48.5 Å². The van der Waals surface area contributed by atoms with Crippen LogP contribution in [0, 0.1) is 0 Å². The van der Waals surface area contributed by atoms with Gasteiger partial charge in [-0.3, -0.25) is 0 Å². The van der Waals surface area contributed by atoms with Crippen molar-refractivity contribution in [2.45, 2.75) is 133 Å². The molecule has 2 aromatic carbocycles. The molecule has 0 aliphatic carbocycles. The lowest BCUT2D eigenvalue weighted by molar-refractivity contribution is -0.117. The summed E-state index contributed by atoms with van der Waals surface area (Å²) in [5, 5.41) is 0. The van der Waals surface area contributed by atoms with Crippen LogP contribution >= 0.6 is 0 Å². The molecule has 0 N–H and O–H groups in total. The quantitative estimate of drug-likeness (QED) is 0.337. The van der Waals surface area contributed by atoms with Gasteiger partial charge in [-0.15, -0.1) is 0 Å². The monoisotopic (exact) mass is 500 g/mol. The number of hydrogen-bond donors (Lipinski definition) is 0. The highest BCUT2D eigenvalue weighted by Gasteiger charge is 2.12. The average molecular weight is 501 g/mol. The average Bonchev–Trinajstić information content (AvgIpc) is 2.87. The van der Waals surface area contributed by atoms with Crippen molar-refractivity contribution in [3.8, 4) is 5.75 Å². The molecule has 0 aromatic heterocycles. The highest BCUT2D eigenvalue weighted by atomic mass is 16.5. The van der Waals surface area contributed by atoms with Crippen LogP contribution in [-0.4, -0.2) is 12.9 Å². The van der Waals surface area contributed by atoms with Crippen molar-refractivity contribution >= 4 is 5.78 Å². The van der Waals surface area contributed by atoms with E-state index in [1.807, 2.05) is 39.8 Å². The minimum absolute atomic E-state index is 0.273. The van der Waals surface area contributed by atoms with Gasteiger partial charge < -0.3 is 9.53 Å². The maximum absolute atomic E-state index is 10.3. The minimum atomic E-state index is 0.273. The number of unbranched alkanes of at least 4 members (excludes halogenated alkanes) is 2. The molecule has 208 valence electrons. The lowest BCUT2D eigenvalue weighted by Crippen LogP contribution is -2.10. The summed E-state index contributed by atoms with van der Waals surface area (Å²) >= 11 is 0. The Morgan fingerprint density at radius 2 is 1.31 bits per heavy atom. The second-order valence-corrected chi connectivity index (χ2v) is 9.78. The summed E-state index contributed by atoms with van der Waals surface area (Å²) in [6.45, 7) is 25.2. The molecule has 0 unspecified atom stereocenters. The first-order valence-electron chi connectivity index (χ1n) is 14.3. The fourth-order valence-electron chi connectivity index (χ4n) is 3.07. The minimum Gasteiger partial charge on any atom is -0.497 e.